The van der Waals surface area contributed by atoms with Crippen molar-refractivity contribution in [2.24, 2.45) is 5.92 Å². The molecule has 3 rings (SSSR count). The molecule has 1 heterocycles. The number of aromatic nitrogens is 2. The topological polar surface area (TPSA) is 29.9 Å². The summed E-state index contributed by atoms with van der Waals surface area (Å²) in [6.07, 6.45) is 6.90. The Hall–Kier alpha value is -1.61. The lowest BCUT2D eigenvalue weighted by Gasteiger charge is -2.06. The second-order valence-corrected chi connectivity index (χ2v) is 4.84. The van der Waals surface area contributed by atoms with E-state index < -0.39 is 0 Å². The van der Waals surface area contributed by atoms with Gasteiger partial charge in [-0.1, -0.05) is 19.1 Å². The molecule has 1 saturated carbocycles. The van der Waals surface area contributed by atoms with E-state index in [0.29, 0.717) is 0 Å². The van der Waals surface area contributed by atoms with E-state index in [4.69, 9.17) is 0 Å². The Bertz CT molecular complexity index is 473. The van der Waals surface area contributed by atoms with Crippen LogP contribution >= 0.6 is 0 Å². The van der Waals surface area contributed by atoms with Crippen molar-refractivity contribution in [2.45, 2.75) is 25.9 Å². The van der Waals surface area contributed by atoms with Crippen LogP contribution in [0.25, 0.3) is 5.69 Å². The molecule has 1 fully saturated rings. The fraction of sp³-hybridized carbons (Fsp3) is 0.357. The summed E-state index contributed by atoms with van der Waals surface area (Å²) in [7, 11) is 0. The van der Waals surface area contributed by atoms with Crippen molar-refractivity contribution < 1.29 is 0 Å². The fourth-order valence-electron chi connectivity index (χ4n) is 2.05. The lowest BCUT2D eigenvalue weighted by Crippen LogP contribution is -2.16. The zero-order chi connectivity index (χ0) is 11.7. The third-order valence-electron chi connectivity index (χ3n) is 3.42. The smallest absolute Gasteiger partial charge is 0.0991 e. The van der Waals surface area contributed by atoms with Crippen LogP contribution in [0.5, 0.6) is 0 Å². The van der Waals surface area contributed by atoms with E-state index in [1.165, 1.54) is 12.0 Å². The first-order valence-corrected chi connectivity index (χ1v) is 6.13. The van der Waals surface area contributed by atoms with Gasteiger partial charge < -0.3 is 9.88 Å². The summed E-state index contributed by atoms with van der Waals surface area (Å²) < 4.78 is 2.01. The highest BCUT2D eigenvalue weighted by Gasteiger charge is 2.31. The molecule has 0 amide bonds. The van der Waals surface area contributed by atoms with Crippen molar-refractivity contribution in [1.29, 1.82) is 0 Å². The predicted octanol–water partition coefficient (Wildman–Crippen LogP) is 2.37. The first-order valence-electron chi connectivity index (χ1n) is 6.13. The molecule has 2 aromatic rings. The van der Waals surface area contributed by atoms with E-state index in [0.717, 1.165) is 24.2 Å². The monoisotopic (exact) mass is 227 g/mol. The minimum atomic E-state index is 0.739. The van der Waals surface area contributed by atoms with E-state index in [9.17, 15) is 0 Å². The normalized spacial score (nSPS) is 22.6. The van der Waals surface area contributed by atoms with Crippen LogP contribution in [-0.2, 0) is 6.54 Å². The molecule has 0 radical (unpaired) electrons. The van der Waals surface area contributed by atoms with E-state index in [1.54, 1.807) is 6.20 Å². The van der Waals surface area contributed by atoms with Gasteiger partial charge >= 0.3 is 0 Å². The van der Waals surface area contributed by atoms with Gasteiger partial charge in [0.15, 0.2) is 0 Å². The molecule has 1 aliphatic carbocycles. The van der Waals surface area contributed by atoms with Gasteiger partial charge in [-0.15, -0.1) is 0 Å². The van der Waals surface area contributed by atoms with Gasteiger partial charge in [0.2, 0.25) is 0 Å². The van der Waals surface area contributed by atoms with Crippen LogP contribution in [0.1, 0.15) is 18.9 Å². The maximum Gasteiger partial charge on any atom is 0.0991 e. The van der Waals surface area contributed by atoms with Gasteiger partial charge in [-0.2, -0.15) is 0 Å². The molecule has 88 valence electrons. The van der Waals surface area contributed by atoms with Gasteiger partial charge in [-0.05, 0) is 30.0 Å². The van der Waals surface area contributed by atoms with Crippen LogP contribution in [0, 0.1) is 5.92 Å². The van der Waals surface area contributed by atoms with Crippen LogP contribution in [0.3, 0.4) is 0 Å². The average molecular weight is 227 g/mol. The number of imidazole rings is 1. The highest BCUT2D eigenvalue weighted by Crippen LogP contribution is 2.29. The van der Waals surface area contributed by atoms with Crippen LogP contribution in [0.15, 0.2) is 43.0 Å². The maximum atomic E-state index is 4.05. The van der Waals surface area contributed by atoms with Gasteiger partial charge in [0.1, 0.15) is 0 Å². The number of hydrogen-bond acceptors (Lipinski definition) is 2. The summed E-state index contributed by atoms with van der Waals surface area (Å²) in [4.78, 5) is 4.05. The third kappa shape index (κ3) is 2.39. The Balaban J connectivity index is 1.64. The Morgan fingerprint density at radius 1 is 1.35 bits per heavy atom. The molecule has 2 unspecified atom stereocenters. The van der Waals surface area contributed by atoms with E-state index in [2.05, 4.69) is 41.5 Å². The Morgan fingerprint density at radius 3 is 2.71 bits per heavy atom. The molecule has 1 aromatic carbocycles. The lowest BCUT2D eigenvalue weighted by molar-refractivity contribution is 0.652. The SMILES string of the molecule is CC1CC1NCc1ccc(-n2ccnc2)cc1. The van der Waals surface area contributed by atoms with E-state index >= 15 is 0 Å². The molecule has 3 heteroatoms. The van der Waals surface area contributed by atoms with Crippen molar-refractivity contribution in [3.05, 3.63) is 48.5 Å². The summed E-state index contributed by atoms with van der Waals surface area (Å²) in [5.41, 5.74) is 2.50. The Morgan fingerprint density at radius 2 is 2.12 bits per heavy atom. The zero-order valence-electron chi connectivity index (χ0n) is 10.0. The summed E-state index contributed by atoms with van der Waals surface area (Å²) in [6, 6.07) is 9.36. The van der Waals surface area contributed by atoms with Crippen molar-refractivity contribution in [1.82, 2.24) is 14.9 Å². The third-order valence-corrected chi connectivity index (χ3v) is 3.42. The molecule has 1 aromatic heterocycles. The quantitative estimate of drug-likeness (QED) is 0.869. The summed E-state index contributed by atoms with van der Waals surface area (Å²) >= 11 is 0. The molecule has 0 bridgehead atoms. The molecular weight excluding hydrogens is 210 g/mol. The average Bonchev–Trinajstić information content (AvgIpc) is 2.83. The van der Waals surface area contributed by atoms with Crippen LogP contribution < -0.4 is 5.32 Å². The van der Waals surface area contributed by atoms with E-state index in [1.807, 2.05) is 17.1 Å². The molecule has 1 N–H and O–H groups in total. The van der Waals surface area contributed by atoms with Crippen LogP contribution in [-0.4, -0.2) is 15.6 Å². The molecule has 0 saturated heterocycles. The minimum absolute atomic E-state index is 0.739. The molecule has 0 spiro atoms. The van der Waals surface area contributed by atoms with Gasteiger partial charge in [-0.25, -0.2) is 4.98 Å². The molecule has 17 heavy (non-hydrogen) atoms. The zero-order valence-corrected chi connectivity index (χ0v) is 10.0. The number of nitrogens with zero attached hydrogens (tertiary/aromatic N) is 2. The summed E-state index contributed by atoms with van der Waals surface area (Å²) in [5.74, 6) is 0.861. The Kier molecular flexibility index (Phi) is 2.69. The lowest BCUT2D eigenvalue weighted by atomic mass is 10.2. The summed E-state index contributed by atoms with van der Waals surface area (Å²) in [5, 5.41) is 3.56. The molecular formula is C14H17N3. The standard InChI is InChI=1S/C14H17N3/c1-11-8-14(11)16-9-12-2-4-13(5-3-12)17-7-6-15-10-17/h2-7,10-11,14,16H,8-9H2,1H3. The van der Waals surface area contributed by atoms with Crippen molar-refractivity contribution in [3.8, 4) is 5.69 Å². The first kappa shape index (κ1) is 10.5. The highest BCUT2D eigenvalue weighted by atomic mass is 15.0. The molecule has 3 nitrogen and oxygen atoms in total. The predicted molar refractivity (Wildman–Crippen MR) is 68.0 cm³/mol. The maximum absolute atomic E-state index is 4.05. The second kappa shape index (κ2) is 4.34. The van der Waals surface area contributed by atoms with Gasteiger partial charge in [0, 0.05) is 30.7 Å². The van der Waals surface area contributed by atoms with Crippen LogP contribution in [0.4, 0.5) is 0 Å². The van der Waals surface area contributed by atoms with Crippen molar-refractivity contribution >= 4 is 0 Å². The summed E-state index contributed by atoms with van der Waals surface area (Å²) in [6.45, 7) is 3.26. The van der Waals surface area contributed by atoms with Gasteiger partial charge in [-0.3, -0.25) is 0 Å². The minimum Gasteiger partial charge on any atom is -0.310 e. The van der Waals surface area contributed by atoms with Crippen molar-refractivity contribution in [3.63, 3.8) is 0 Å². The van der Waals surface area contributed by atoms with Gasteiger partial charge in [0.05, 0.1) is 6.33 Å². The number of nitrogens with one attached hydrogen (secondary N) is 1. The molecule has 1 aliphatic rings. The molecule has 0 aliphatic heterocycles. The first-order chi connectivity index (χ1) is 8.33. The van der Waals surface area contributed by atoms with Crippen molar-refractivity contribution in [2.75, 3.05) is 0 Å². The van der Waals surface area contributed by atoms with E-state index in [-0.39, 0.29) is 0 Å². The van der Waals surface area contributed by atoms with Gasteiger partial charge in [0.25, 0.3) is 0 Å². The highest BCUT2D eigenvalue weighted by molar-refractivity contribution is 5.34. The number of benzene rings is 1. The Labute approximate surface area is 101 Å². The largest absolute Gasteiger partial charge is 0.310 e. The number of hydrogen-bond donors (Lipinski definition) is 1. The second-order valence-electron chi connectivity index (χ2n) is 4.84. The number of rotatable bonds is 4. The fourth-order valence-corrected chi connectivity index (χ4v) is 2.05. The molecule has 2 atom stereocenters. The van der Waals surface area contributed by atoms with Crippen LogP contribution in [0.2, 0.25) is 0 Å².